The van der Waals surface area contributed by atoms with E-state index < -0.39 is 6.10 Å². The number of allylic oxidation sites excluding steroid dienone is 1. The average Bonchev–Trinajstić information content (AvgIpc) is 2.60. The molecule has 0 aliphatic carbocycles. The fourth-order valence-electron chi connectivity index (χ4n) is 2.38. The molecule has 2 atom stereocenters. The first-order valence-corrected chi connectivity index (χ1v) is 7.68. The zero-order valence-electron chi connectivity index (χ0n) is 13.7. The van der Waals surface area contributed by atoms with Crippen LogP contribution < -0.4 is 4.74 Å². The molecule has 0 heterocycles. The lowest BCUT2D eigenvalue weighted by atomic mass is 9.97. The number of rotatable bonds is 6. The largest absolute Gasteiger partial charge is 0.486 e. The quantitative estimate of drug-likeness (QED) is 0.587. The highest BCUT2D eigenvalue weighted by Crippen LogP contribution is 2.22. The Labute approximate surface area is 137 Å². The van der Waals surface area contributed by atoms with Crippen molar-refractivity contribution in [3.8, 4) is 5.75 Å². The lowest BCUT2D eigenvalue weighted by Gasteiger charge is -2.18. The molecule has 2 unspecified atom stereocenters. The SMILES string of the molecule is COC(=O)C(=CC(C)c1ccccc1)C(C)Oc1ccccc1. The molecule has 3 heteroatoms. The first-order valence-electron chi connectivity index (χ1n) is 7.68. The van der Waals surface area contributed by atoms with E-state index in [0.29, 0.717) is 5.57 Å². The number of carbonyl (C=O) groups excluding carboxylic acids is 1. The Morgan fingerprint density at radius 1 is 0.957 bits per heavy atom. The molecule has 0 amide bonds. The summed E-state index contributed by atoms with van der Waals surface area (Å²) in [5, 5.41) is 0. The minimum Gasteiger partial charge on any atom is -0.486 e. The summed E-state index contributed by atoms with van der Waals surface area (Å²) in [4.78, 5) is 12.1. The first kappa shape index (κ1) is 16.8. The minimum atomic E-state index is -0.393. The zero-order chi connectivity index (χ0) is 16.7. The van der Waals surface area contributed by atoms with E-state index in [1.807, 2.05) is 80.6 Å². The zero-order valence-corrected chi connectivity index (χ0v) is 13.7. The lowest BCUT2D eigenvalue weighted by molar-refractivity contribution is -0.137. The van der Waals surface area contributed by atoms with Gasteiger partial charge in [0.2, 0.25) is 0 Å². The molecule has 0 saturated carbocycles. The van der Waals surface area contributed by atoms with Gasteiger partial charge in [-0.2, -0.15) is 0 Å². The van der Waals surface area contributed by atoms with Crippen molar-refractivity contribution in [2.24, 2.45) is 0 Å². The summed E-state index contributed by atoms with van der Waals surface area (Å²) in [6.07, 6.45) is 1.52. The summed E-state index contributed by atoms with van der Waals surface area (Å²) in [6, 6.07) is 19.5. The van der Waals surface area contributed by atoms with Gasteiger partial charge in [-0.05, 0) is 30.5 Å². The summed E-state index contributed by atoms with van der Waals surface area (Å²) >= 11 is 0. The summed E-state index contributed by atoms with van der Waals surface area (Å²) in [5.41, 5.74) is 1.66. The molecule has 0 saturated heterocycles. The molecule has 0 aliphatic heterocycles. The van der Waals surface area contributed by atoms with Crippen LogP contribution in [0.2, 0.25) is 0 Å². The Balaban J connectivity index is 2.22. The van der Waals surface area contributed by atoms with E-state index in [1.54, 1.807) is 0 Å². The number of hydrogen-bond acceptors (Lipinski definition) is 3. The third kappa shape index (κ3) is 4.71. The van der Waals surface area contributed by atoms with E-state index in [2.05, 4.69) is 0 Å². The summed E-state index contributed by atoms with van der Waals surface area (Å²) < 4.78 is 10.8. The lowest BCUT2D eigenvalue weighted by Crippen LogP contribution is -2.23. The van der Waals surface area contributed by atoms with E-state index in [1.165, 1.54) is 7.11 Å². The number of carbonyl (C=O) groups is 1. The molecule has 0 aromatic heterocycles. The molecule has 23 heavy (non-hydrogen) atoms. The molecule has 0 bridgehead atoms. The summed E-state index contributed by atoms with van der Waals surface area (Å²) in [7, 11) is 1.39. The molecule has 3 nitrogen and oxygen atoms in total. The van der Waals surface area contributed by atoms with Gasteiger partial charge in [0, 0.05) is 0 Å². The van der Waals surface area contributed by atoms with Crippen molar-refractivity contribution in [3.63, 3.8) is 0 Å². The van der Waals surface area contributed by atoms with E-state index in [4.69, 9.17) is 9.47 Å². The van der Waals surface area contributed by atoms with Gasteiger partial charge < -0.3 is 9.47 Å². The highest BCUT2D eigenvalue weighted by molar-refractivity contribution is 5.89. The fourth-order valence-corrected chi connectivity index (χ4v) is 2.38. The third-order valence-corrected chi connectivity index (χ3v) is 3.67. The molecular weight excluding hydrogens is 288 g/mol. The standard InChI is InChI=1S/C20H22O3/c1-15(17-10-6-4-7-11-17)14-19(20(21)22-3)16(2)23-18-12-8-5-9-13-18/h4-16H,1-3H3. The van der Waals surface area contributed by atoms with Crippen LogP contribution in [-0.4, -0.2) is 19.2 Å². The van der Waals surface area contributed by atoms with Gasteiger partial charge in [-0.15, -0.1) is 0 Å². The Bertz CT molecular complexity index is 647. The van der Waals surface area contributed by atoms with Crippen LogP contribution in [0.5, 0.6) is 5.75 Å². The monoisotopic (exact) mass is 310 g/mol. The maximum atomic E-state index is 12.1. The van der Waals surface area contributed by atoms with Gasteiger partial charge in [-0.1, -0.05) is 61.5 Å². The second-order valence-electron chi connectivity index (χ2n) is 5.39. The fraction of sp³-hybridized carbons (Fsp3) is 0.250. The number of esters is 1. The van der Waals surface area contributed by atoms with Crippen molar-refractivity contribution in [2.75, 3.05) is 7.11 Å². The Kier molecular flexibility index (Phi) is 5.98. The van der Waals surface area contributed by atoms with Gasteiger partial charge in [0.25, 0.3) is 0 Å². The Morgan fingerprint density at radius 2 is 1.52 bits per heavy atom. The molecule has 2 aromatic rings. The maximum Gasteiger partial charge on any atom is 0.337 e. The summed E-state index contributed by atoms with van der Waals surface area (Å²) in [6.45, 7) is 3.90. The van der Waals surface area contributed by atoms with Gasteiger partial charge in [0.05, 0.1) is 12.7 Å². The number of benzene rings is 2. The van der Waals surface area contributed by atoms with Crippen LogP contribution in [0.3, 0.4) is 0 Å². The third-order valence-electron chi connectivity index (χ3n) is 3.67. The van der Waals surface area contributed by atoms with Gasteiger partial charge in [-0.3, -0.25) is 0 Å². The normalized spacial score (nSPS) is 14.0. The number of ether oxygens (including phenoxy) is 2. The van der Waals surface area contributed by atoms with Crippen LogP contribution in [0.25, 0.3) is 0 Å². The van der Waals surface area contributed by atoms with Crippen LogP contribution in [0.1, 0.15) is 25.3 Å². The first-order chi connectivity index (χ1) is 11.1. The van der Waals surface area contributed by atoms with Crippen LogP contribution in [0, 0.1) is 0 Å². The average molecular weight is 310 g/mol. The number of hydrogen-bond donors (Lipinski definition) is 0. The van der Waals surface area contributed by atoms with E-state index in [9.17, 15) is 4.79 Å². The molecule has 120 valence electrons. The highest BCUT2D eigenvalue weighted by Gasteiger charge is 2.20. The van der Waals surface area contributed by atoms with Crippen molar-refractivity contribution in [3.05, 3.63) is 77.9 Å². The Morgan fingerprint density at radius 3 is 2.09 bits per heavy atom. The van der Waals surface area contributed by atoms with Crippen molar-refractivity contribution >= 4 is 5.97 Å². The Hall–Kier alpha value is -2.55. The van der Waals surface area contributed by atoms with Crippen molar-refractivity contribution in [1.82, 2.24) is 0 Å². The predicted octanol–water partition coefficient (Wildman–Crippen LogP) is 4.36. The minimum absolute atomic E-state index is 0.0899. The molecule has 0 N–H and O–H groups in total. The predicted molar refractivity (Wildman–Crippen MR) is 91.5 cm³/mol. The van der Waals surface area contributed by atoms with E-state index in [0.717, 1.165) is 11.3 Å². The van der Waals surface area contributed by atoms with E-state index >= 15 is 0 Å². The van der Waals surface area contributed by atoms with Crippen molar-refractivity contribution in [1.29, 1.82) is 0 Å². The van der Waals surface area contributed by atoms with Gasteiger partial charge in [-0.25, -0.2) is 4.79 Å². The second-order valence-corrected chi connectivity index (χ2v) is 5.39. The van der Waals surface area contributed by atoms with Crippen LogP contribution in [0.4, 0.5) is 0 Å². The molecule has 0 radical (unpaired) electrons. The summed E-state index contributed by atoms with van der Waals surface area (Å²) in [5.74, 6) is 0.450. The maximum absolute atomic E-state index is 12.1. The van der Waals surface area contributed by atoms with Crippen LogP contribution in [0.15, 0.2) is 72.3 Å². The molecular formula is C20H22O3. The smallest absolute Gasteiger partial charge is 0.337 e. The highest BCUT2D eigenvalue weighted by atomic mass is 16.5. The van der Waals surface area contributed by atoms with Crippen molar-refractivity contribution < 1.29 is 14.3 Å². The topological polar surface area (TPSA) is 35.5 Å². The molecule has 2 aromatic carbocycles. The molecule has 2 rings (SSSR count). The van der Waals surface area contributed by atoms with Gasteiger partial charge in [0.15, 0.2) is 0 Å². The van der Waals surface area contributed by atoms with Crippen molar-refractivity contribution in [2.45, 2.75) is 25.9 Å². The van der Waals surface area contributed by atoms with Crippen LogP contribution in [-0.2, 0) is 9.53 Å². The van der Waals surface area contributed by atoms with Gasteiger partial charge >= 0.3 is 5.97 Å². The number of methoxy groups -OCH3 is 1. The molecule has 0 fully saturated rings. The number of para-hydroxylation sites is 1. The molecule has 0 spiro atoms. The van der Waals surface area contributed by atoms with Gasteiger partial charge in [0.1, 0.15) is 11.9 Å². The van der Waals surface area contributed by atoms with E-state index in [-0.39, 0.29) is 11.9 Å². The second kappa shape index (κ2) is 8.18. The molecule has 0 aliphatic rings. The van der Waals surface area contributed by atoms with Crippen LogP contribution >= 0.6 is 0 Å².